The molecule has 1 aliphatic heterocycles. The Hall–Kier alpha value is -4.06. The Morgan fingerprint density at radius 1 is 1.13 bits per heavy atom. The van der Waals surface area contributed by atoms with Gasteiger partial charge in [0.05, 0.1) is 25.1 Å². The number of hydrogen-bond donors (Lipinski definition) is 1. The number of nitrogens with zero attached hydrogens (tertiary/aromatic N) is 5. The van der Waals surface area contributed by atoms with Crippen LogP contribution in [0, 0.1) is 0 Å². The fourth-order valence-corrected chi connectivity index (χ4v) is 4.75. The standard InChI is InChI=1S/C27H27F3N6O2S/c1-37-23-13-9-22(10-14-23)36-15-2-16-39-26(36)35-34-17-19-3-5-20(6-4-19)25(31)33-18-32-21-7-11-24(12-8-21)38-27(28,29)30/h3-9,11-14,17-18,22H,2,10,15-16H2,1H3,(H2,31,32,33)/b34-17+,35-26-. The summed E-state index contributed by atoms with van der Waals surface area (Å²) >= 11 is 1.70. The number of hydrogen-bond acceptors (Lipinski definition) is 6. The lowest BCUT2D eigenvalue weighted by molar-refractivity contribution is -0.274. The minimum Gasteiger partial charge on any atom is -0.497 e. The van der Waals surface area contributed by atoms with Gasteiger partial charge in [-0.25, -0.2) is 9.98 Å². The van der Waals surface area contributed by atoms with Crippen molar-refractivity contribution in [3.63, 3.8) is 0 Å². The lowest BCUT2D eigenvalue weighted by Gasteiger charge is -2.35. The Kier molecular flexibility index (Phi) is 9.42. The van der Waals surface area contributed by atoms with Crippen LogP contribution in [0.5, 0.6) is 5.75 Å². The maximum atomic E-state index is 12.3. The smallest absolute Gasteiger partial charge is 0.497 e. The zero-order valence-corrected chi connectivity index (χ0v) is 21.9. The van der Waals surface area contributed by atoms with E-state index >= 15 is 0 Å². The second-order valence-electron chi connectivity index (χ2n) is 8.42. The quantitative estimate of drug-likeness (QED) is 0.258. The van der Waals surface area contributed by atoms with Gasteiger partial charge in [0.1, 0.15) is 23.7 Å². The number of thioether (sulfide) groups is 1. The fourth-order valence-electron chi connectivity index (χ4n) is 3.79. The van der Waals surface area contributed by atoms with E-state index in [2.05, 4.69) is 42.0 Å². The van der Waals surface area contributed by atoms with E-state index in [1.165, 1.54) is 30.6 Å². The fraction of sp³-hybridized carbons (Fsp3) is 0.259. The third-order valence-electron chi connectivity index (χ3n) is 5.73. The summed E-state index contributed by atoms with van der Waals surface area (Å²) in [4.78, 5) is 10.4. The number of nitrogens with two attached hydrogens (primary N) is 1. The summed E-state index contributed by atoms with van der Waals surface area (Å²) in [6.07, 6.45) is 6.35. The molecule has 12 heteroatoms. The van der Waals surface area contributed by atoms with E-state index in [1.807, 2.05) is 18.2 Å². The lowest BCUT2D eigenvalue weighted by atomic mass is 10.1. The molecule has 204 valence electrons. The molecular formula is C27H27F3N6O2S. The number of methoxy groups -OCH3 is 1. The molecule has 0 bridgehead atoms. The molecule has 0 saturated carbocycles. The molecule has 2 aliphatic rings. The Bertz CT molecular complexity index is 1300. The van der Waals surface area contributed by atoms with Crippen molar-refractivity contribution in [3.05, 3.63) is 83.6 Å². The Morgan fingerprint density at radius 2 is 1.90 bits per heavy atom. The van der Waals surface area contributed by atoms with Gasteiger partial charge >= 0.3 is 6.36 Å². The zero-order valence-electron chi connectivity index (χ0n) is 21.1. The number of alkyl halides is 3. The summed E-state index contributed by atoms with van der Waals surface area (Å²) in [7, 11) is 1.67. The van der Waals surface area contributed by atoms with Gasteiger partial charge in [-0.2, -0.15) is 5.10 Å². The van der Waals surface area contributed by atoms with Crippen molar-refractivity contribution in [2.24, 2.45) is 25.9 Å². The highest BCUT2D eigenvalue weighted by Crippen LogP contribution is 2.26. The molecule has 1 aliphatic carbocycles. The third kappa shape index (κ3) is 8.47. The summed E-state index contributed by atoms with van der Waals surface area (Å²) in [5.74, 6) is 1.80. The number of aliphatic imine (C=N–C) groups is 2. The van der Waals surface area contributed by atoms with Crippen LogP contribution in [0.3, 0.4) is 0 Å². The maximum Gasteiger partial charge on any atom is 0.573 e. The number of benzene rings is 2. The molecule has 2 aromatic rings. The summed E-state index contributed by atoms with van der Waals surface area (Å²) in [5.41, 5.74) is 7.97. The first-order valence-electron chi connectivity index (χ1n) is 12.1. The van der Waals surface area contributed by atoms with Crippen LogP contribution in [0.2, 0.25) is 0 Å². The van der Waals surface area contributed by atoms with Crippen LogP contribution < -0.4 is 10.5 Å². The lowest BCUT2D eigenvalue weighted by Crippen LogP contribution is -2.41. The summed E-state index contributed by atoms with van der Waals surface area (Å²) in [5, 5.41) is 9.69. The predicted molar refractivity (Wildman–Crippen MR) is 150 cm³/mol. The Morgan fingerprint density at radius 3 is 2.56 bits per heavy atom. The van der Waals surface area contributed by atoms with E-state index in [9.17, 15) is 13.2 Å². The molecule has 0 radical (unpaired) electrons. The van der Waals surface area contributed by atoms with E-state index in [1.54, 1.807) is 37.2 Å². The van der Waals surface area contributed by atoms with E-state index in [0.717, 1.165) is 41.6 Å². The van der Waals surface area contributed by atoms with Gasteiger partial charge in [-0.1, -0.05) is 42.1 Å². The van der Waals surface area contributed by atoms with Crippen molar-refractivity contribution >= 4 is 41.0 Å². The second-order valence-corrected chi connectivity index (χ2v) is 9.48. The zero-order chi connectivity index (χ0) is 27.7. The van der Waals surface area contributed by atoms with E-state index < -0.39 is 6.36 Å². The maximum absolute atomic E-state index is 12.3. The molecule has 1 fully saturated rings. The molecule has 1 saturated heterocycles. The molecule has 0 spiro atoms. The first kappa shape index (κ1) is 28.0. The van der Waals surface area contributed by atoms with Crippen LogP contribution in [0.25, 0.3) is 0 Å². The predicted octanol–water partition coefficient (Wildman–Crippen LogP) is 5.64. The highest BCUT2D eigenvalue weighted by Gasteiger charge is 2.31. The van der Waals surface area contributed by atoms with Crippen LogP contribution in [0.15, 0.2) is 92.7 Å². The number of rotatable bonds is 8. The van der Waals surface area contributed by atoms with Gasteiger partial charge in [0.2, 0.25) is 0 Å². The van der Waals surface area contributed by atoms with Crippen LogP contribution in [-0.4, -0.2) is 60.3 Å². The third-order valence-corrected chi connectivity index (χ3v) is 6.80. The van der Waals surface area contributed by atoms with Crippen molar-refractivity contribution in [3.8, 4) is 5.75 Å². The van der Waals surface area contributed by atoms with Crippen molar-refractivity contribution in [1.82, 2.24) is 4.90 Å². The summed E-state index contributed by atoms with van der Waals surface area (Å²) < 4.78 is 45.9. The molecule has 1 heterocycles. The first-order chi connectivity index (χ1) is 18.8. The van der Waals surface area contributed by atoms with Crippen molar-refractivity contribution in [2.45, 2.75) is 25.2 Å². The van der Waals surface area contributed by atoms with Gasteiger partial charge in [-0.05, 0) is 54.8 Å². The van der Waals surface area contributed by atoms with Crippen molar-refractivity contribution in [2.75, 3.05) is 19.4 Å². The minimum atomic E-state index is -4.74. The molecule has 39 heavy (non-hydrogen) atoms. The second kappa shape index (κ2) is 13.1. The van der Waals surface area contributed by atoms with Crippen LogP contribution in [0.1, 0.15) is 24.0 Å². The van der Waals surface area contributed by atoms with E-state index in [0.29, 0.717) is 11.3 Å². The van der Waals surface area contributed by atoms with Crippen LogP contribution >= 0.6 is 11.8 Å². The van der Waals surface area contributed by atoms with E-state index in [-0.39, 0.29) is 17.6 Å². The number of amidine groups is 2. The monoisotopic (exact) mass is 556 g/mol. The van der Waals surface area contributed by atoms with Gasteiger partial charge in [-0.3, -0.25) is 0 Å². The molecule has 0 aromatic heterocycles. The summed E-state index contributed by atoms with van der Waals surface area (Å²) in [6, 6.07) is 12.7. The molecule has 4 rings (SSSR count). The Labute approximate surface area is 228 Å². The number of halogens is 3. The van der Waals surface area contributed by atoms with Crippen molar-refractivity contribution < 1.29 is 22.6 Å². The number of ether oxygens (including phenoxy) is 2. The first-order valence-corrected chi connectivity index (χ1v) is 13.0. The molecule has 0 amide bonds. The summed E-state index contributed by atoms with van der Waals surface area (Å²) in [6.45, 7) is 0.931. The molecular weight excluding hydrogens is 529 g/mol. The van der Waals surface area contributed by atoms with Gasteiger partial charge < -0.3 is 20.1 Å². The van der Waals surface area contributed by atoms with Gasteiger partial charge in [-0.15, -0.1) is 18.3 Å². The SMILES string of the molecule is COC1=CCC(N2CCCS/C2=N\N=C\c2ccc(C(N)=NC=Nc3ccc(OC(F)(F)F)cc3)cc2)C=C1. The highest BCUT2D eigenvalue weighted by molar-refractivity contribution is 8.13. The molecule has 2 aromatic carbocycles. The normalized spacial score (nSPS) is 19.6. The largest absolute Gasteiger partial charge is 0.573 e. The molecule has 8 nitrogen and oxygen atoms in total. The highest BCUT2D eigenvalue weighted by atomic mass is 32.2. The Balaban J connectivity index is 1.34. The average Bonchev–Trinajstić information content (AvgIpc) is 2.94. The van der Waals surface area contributed by atoms with Crippen LogP contribution in [-0.2, 0) is 4.74 Å². The van der Waals surface area contributed by atoms with E-state index in [4.69, 9.17) is 10.5 Å². The van der Waals surface area contributed by atoms with Gasteiger partial charge in [0, 0.05) is 17.9 Å². The average molecular weight is 557 g/mol. The van der Waals surface area contributed by atoms with Crippen molar-refractivity contribution in [1.29, 1.82) is 0 Å². The minimum absolute atomic E-state index is 0.235. The van der Waals surface area contributed by atoms with Gasteiger partial charge in [0.25, 0.3) is 0 Å². The molecule has 1 atom stereocenters. The van der Waals surface area contributed by atoms with Crippen LogP contribution in [0.4, 0.5) is 18.9 Å². The molecule has 2 N–H and O–H groups in total. The van der Waals surface area contributed by atoms with Gasteiger partial charge in [0.15, 0.2) is 5.17 Å². The number of allylic oxidation sites excluding steroid dienone is 1. The topological polar surface area (TPSA) is 97.2 Å². The molecule has 1 unspecified atom stereocenters.